The van der Waals surface area contributed by atoms with Crippen molar-refractivity contribution in [3.8, 4) is 0 Å². The number of carbonyl (C=O) groups is 2. The molecule has 1 aliphatic heterocycles. The predicted molar refractivity (Wildman–Crippen MR) is 83.7 cm³/mol. The molecule has 1 saturated heterocycles. The molecule has 0 aliphatic carbocycles. The van der Waals surface area contributed by atoms with Gasteiger partial charge in [-0.05, 0) is 47.6 Å². The lowest BCUT2D eigenvalue weighted by Gasteiger charge is -2.36. The van der Waals surface area contributed by atoms with Gasteiger partial charge in [-0.15, -0.1) is 0 Å². The molecule has 1 aliphatic rings. The van der Waals surface area contributed by atoms with Crippen molar-refractivity contribution >= 4 is 12.1 Å². The molecule has 0 bridgehead atoms. The van der Waals surface area contributed by atoms with Crippen LogP contribution in [-0.2, 0) is 19.0 Å². The van der Waals surface area contributed by atoms with Gasteiger partial charge in [-0.1, -0.05) is 0 Å². The molecule has 0 unspecified atom stereocenters. The molecule has 1 heterocycles. The van der Waals surface area contributed by atoms with Gasteiger partial charge in [-0.25, -0.2) is 9.59 Å². The van der Waals surface area contributed by atoms with Crippen molar-refractivity contribution in [3.63, 3.8) is 0 Å². The molecule has 0 radical (unpaired) electrons. The highest BCUT2D eigenvalue weighted by Crippen LogP contribution is 2.31. The summed E-state index contributed by atoms with van der Waals surface area (Å²) in [5, 5.41) is 10.3. The lowest BCUT2D eigenvalue weighted by molar-refractivity contribution is -0.137. The van der Waals surface area contributed by atoms with Gasteiger partial charge in [0.15, 0.2) is 0 Å². The van der Waals surface area contributed by atoms with Gasteiger partial charge >= 0.3 is 12.1 Å². The van der Waals surface area contributed by atoms with Gasteiger partial charge in [0, 0.05) is 6.08 Å². The first-order valence-electron chi connectivity index (χ1n) is 7.67. The first kappa shape index (κ1) is 19.4. The molecule has 1 amide bonds. The van der Waals surface area contributed by atoms with E-state index >= 15 is 0 Å². The van der Waals surface area contributed by atoms with Crippen LogP contribution >= 0.6 is 0 Å². The first-order valence-corrected chi connectivity index (χ1v) is 7.67. The van der Waals surface area contributed by atoms with Crippen LogP contribution in [0.1, 0.15) is 41.5 Å². The number of ether oxygens (including phenoxy) is 3. The van der Waals surface area contributed by atoms with Crippen LogP contribution in [0.4, 0.5) is 4.79 Å². The second-order valence-electron chi connectivity index (χ2n) is 6.78. The summed E-state index contributed by atoms with van der Waals surface area (Å²) in [6.45, 7) is 10.8. The number of aliphatic hydroxyl groups excluding tert-OH is 1. The summed E-state index contributed by atoms with van der Waals surface area (Å²) in [6, 6.07) is -0.648. The fraction of sp³-hybridized carbons (Fsp3) is 0.750. The van der Waals surface area contributed by atoms with E-state index in [4.69, 9.17) is 14.2 Å². The van der Waals surface area contributed by atoms with E-state index in [-0.39, 0.29) is 13.2 Å². The van der Waals surface area contributed by atoms with Crippen molar-refractivity contribution in [2.75, 3.05) is 13.2 Å². The van der Waals surface area contributed by atoms with Crippen molar-refractivity contribution in [2.24, 2.45) is 0 Å². The van der Waals surface area contributed by atoms with Gasteiger partial charge < -0.3 is 19.3 Å². The molecule has 0 aromatic carbocycles. The molecule has 2 atom stereocenters. The van der Waals surface area contributed by atoms with Crippen molar-refractivity contribution < 1.29 is 28.9 Å². The molecule has 0 aromatic heterocycles. The maximum absolute atomic E-state index is 12.4. The van der Waals surface area contributed by atoms with Gasteiger partial charge in [-0.3, -0.25) is 4.90 Å². The van der Waals surface area contributed by atoms with Crippen LogP contribution in [-0.4, -0.2) is 58.8 Å². The molecule has 1 fully saturated rings. The van der Waals surface area contributed by atoms with Crippen LogP contribution in [0.2, 0.25) is 0 Å². The van der Waals surface area contributed by atoms with Crippen LogP contribution in [0.5, 0.6) is 0 Å². The largest absolute Gasteiger partial charge is 0.463 e. The maximum atomic E-state index is 12.4. The summed E-state index contributed by atoms with van der Waals surface area (Å²) < 4.78 is 15.7. The number of hydrogen-bond donors (Lipinski definition) is 1. The zero-order valence-corrected chi connectivity index (χ0v) is 14.7. The van der Waals surface area contributed by atoms with Crippen molar-refractivity contribution in [1.29, 1.82) is 0 Å². The van der Waals surface area contributed by atoms with Gasteiger partial charge in [0.2, 0.25) is 0 Å². The minimum atomic E-state index is -1.08. The summed E-state index contributed by atoms with van der Waals surface area (Å²) in [4.78, 5) is 25.1. The summed E-state index contributed by atoms with van der Waals surface area (Å²) in [5.41, 5.74) is -1.57. The number of amides is 1. The predicted octanol–water partition coefficient (Wildman–Crippen LogP) is 1.84. The zero-order valence-electron chi connectivity index (χ0n) is 14.7. The van der Waals surface area contributed by atoms with Gasteiger partial charge in [0.1, 0.15) is 11.3 Å². The number of aliphatic hydroxyl groups is 1. The molecule has 0 spiro atoms. The van der Waals surface area contributed by atoms with Gasteiger partial charge in [-0.2, -0.15) is 0 Å². The first-order chi connectivity index (χ1) is 10.5. The third-order valence-corrected chi connectivity index (χ3v) is 3.22. The minimum Gasteiger partial charge on any atom is -0.463 e. The molecule has 0 aromatic rings. The lowest BCUT2D eigenvalue weighted by Crippen LogP contribution is -2.53. The summed E-state index contributed by atoms with van der Waals surface area (Å²) in [6.07, 6.45) is 0.791. The fourth-order valence-corrected chi connectivity index (χ4v) is 2.25. The molecule has 1 rings (SSSR count). The van der Waals surface area contributed by atoms with Crippen LogP contribution in [0, 0.1) is 0 Å². The fourth-order valence-electron chi connectivity index (χ4n) is 2.25. The molecule has 7 nitrogen and oxygen atoms in total. The molecule has 23 heavy (non-hydrogen) atoms. The summed E-state index contributed by atoms with van der Waals surface area (Å²) >= 11 is 0. The minimum absolute atomic E-state index is 0.139. The summed E-state index contributed by atoms with van der Waals surface area (Å²) in [7, 11) is 0. The van der Waals surface area contributed by atoms with E-state index in [1.807, 2.05) is 0 Å². The molecule has 7 heteroatoms. The van der Waals surface area contributed by atoms with Crippen molar-refractivity contribution in [3.05, 3.63) is 12.2 Å². The summed E-state index contributed by atoms with van der Waals surface area (Å²) in [5.74, 6) is -0.548. The van der Waals surface area contributed by atoms with Crippen LogP contribution in [0.25, 0.3) is 0 Å². The normalized spacial score (nSPS) is 22.2. The Balaban J connectivity index is 2.87. The Morgan fingerprint density at radius 3 is 2.57 bits per heavy atom. The Labute approximate surface area is 137 Å². The smallest absolute Gasteiger partial charge is 0.413 e. The standard InChI is InChI=1S/C16H27NO6/c1-7-21-13(19)9-8-12(18)11-10-22-16(5,6)17(11)14(20)23-15(2,3)4/h8-9,11-12,18H,7,10H2,1-6H3/b9-8+/t11-,12+/m0/s1. The number of rotatable bonds is 4. The van der Waals surface area contributed by atoms with E-state index in [0.29, 0.717) is 0 Å². The highest BCUT2D eigenvalue weighted by molar-refractivity contribution is 5.82. The van der Waals surface area contributed by atoms with Gasteiger partial charge in [0.25, 0.3) is 0 Å². The third-order valence-electron chi connectivity index (χ3n) is 3.22. The maximum Gasteiger partial charge on any atom is 0.413 e. The van der Waals surface area contributed by atoms with E-state index in [1.165, 1.54) is 11.0 Å². The highest BCUT2D eigenvalue weighted by atomic mass is 16.6. The Morgan fingerprint density at radius 1 is 1.43 bits per heavy atom. The number of carbonyl (C=O) groups excluding carboxylic acids is 2. The quantitative estimate of drug-likeness (QED) is 0.626. The van der Waals surface area contributed by atoms with Crippen LogP contribution < -0.4 is 0 Å². The average Bonchev–Trinajstić information content (AvgIpc) is 2.70. The molecular formula is C16H27NO6. The van der Waals surface area contributed by atoms with Crippen molar-refractivity contribution in [1.82, 2.24) is 4.90 Å². The van der Waals surface area contributed by atoms with E-state index < -0.39 is 35.5 Å². The van der Waals surface area contributed by atoms with E-state index in [2.05, 4.69) is 0 Å². The van der Waals surface area contributed by atoms with Crippen LogP contribution in [0.3, 0.4) is 0 Å². The second-order valence-corrected chi connectivity index (χ2v) is 6.78. The topological polar surface area (TPSA) is 85.3 Å². The van der Waals surface area contributed by atoms with E-state index in [0.717, 1.165) is 6.08 Å². The molecule has 1 N–H and O–H groups in total. The number of esters is 1. The number of nitrogens with zero attached hydrogens (tertiary/aromatic N) is 1. The van der Waals surface area contributed by atoms with Crippen molar-refractivity contribution in [2.45, 2.75) is 65.0 Å². The van der Waals surface area contributed by atoms with E-state index in [9.17, 15) is 14.7 Å². The average molecular weight is 329 g/mol. The van der Waals surface area contributed by atoms with E-state index in [1.54, 1.807) is 41.5 Å². The number of hydrogen-bond acceptors (Lipinski definition) is 6. The molecular weight excluding hydrogens is 302 g/mol. The molecule has 132 valence electrons. The molecule has 0 saturated carbocycles. The Morgan fingerprint density at radius 2 is 2.04 bits per heavy atom. The third kappa shape index (κ3) is 5.51. The Bertz CT molecular complexity index is 466. The SMILES string of the molecule is CCOC(=O)/C=C/[C@@H](O)[C@@H]1COC(C)(C)N1C(=O)OC(C)(C)C. The second kappa shape index (κ2) is 7.31. The monoisotopic (exact) mass is 329 g/mol. The lowest BCUT2D eigenvalue weighted by atomic mass is 10.1. The Hall–Kier alpha value is -1.60. The van der Waals surface area contributed by atoms with Crippen LogP contribution in [0.15, 0.2) is 12.2 Å². The van der Waals surface area contributed by atoms with Gasteiger partial charge in [0.05, 0.1) is 25.4 Å². The zero-order chi connectivity index (χ0) is 17.8. The Kier molecular flexibility index (Phi) is 6.18. The highest BCUT2D eigenvalue weighted by Gasteiger charge is 2.47.